The molecular weight excluding hydrogens is 497 g/mol. The molecule has 2 heterocycles. The van der Waals surface area contributed by atoms with Crippen LogP contribution in [0.4, 0.5) is 24.7 Å². The highest BCUT2D eigenvalue weighted by Crippen LogP contribution is 2.55. The summed E-state index contributed by atoms with van der Waals surface area (Å²) >= 11 is 0. The second-order valence-electron chi connectivity index (χ2n) is 11.6. The molecule has 3 atom stereocenters. The number of ether oxygens (including phenoxy) is 1. The van der Waals surface area contributed by atoms with Crippen LogP contribution in [0.25, 0.3) is 0 Å². The summed E-state index contributed by atoms with van der Waals surface area (Å²) in [5, 5.41) is 14.1. The van der Waals surface area contributed by atoms with E-state index < -0.39 is 12.0 Å². The van der Waals surface area contributed by atoms with Crippen LogP contribution in [-0.4, -0.2) is 59.7 Å². The number of anilines is 2. The molecule has 38 heavy (non-hydrogen) atoms. The van der Waals surface area contributed by atoms with Crippen LogP contribution in [-0.2, 0) is 0 Å². The molecule has 4 aliphatic carbocycles. The van der Waals surface area contributed by atoms with Crippen molar-refractivity contribution in [2.75, 3.05) is 29.4 Å². The predicted molar refractivity (Wildman–Crippen MR) is 136 cm³/mol. The van der Waals surface area contributed by atoms with E-state index in [2.05, 4.69) is 26.8 Å². The van der Waals surface area contributed by atoms with Gasteiger partial charge < -0.3 is 25.0 Å². The van der Waals surface area contributed by atoms with E-state index in [1.807, 2.05) is 12.1 Å². The fraction of sp³-hybridized carbons (Fsp3) is 0.571. The Bertz CT molecular complexity index is 1170. The number of nitrogens with zero attached hydrogens (tertiary/aromatic N) is 3. The average Bonchev–Trinajstić information content (AvgIpc) is 2.84. The molecule has 1 aromatic heterocycles. The van der Waals surface area contributed by atoms with Gasteiger partial charge in [0.2, 0.25) is 0 Å². The van der Waals surface area contributed by atoms with Gasteiger partial charge in [-0.3, -0.25) is 4.79 Å². The van der Waals surface area contributed by atoms with Crippen molar-refractivity contribution in [3.63, 3.8) is 0 Å². The van der Waals surface area contributed by atoms with E-state index in [9.17, 15) is 23.1 Å². The highest BCUT2D eigenvalue weighted by molar-refractivity contribution is 5.93. The number of halogens is 3. The second-order valence-corrected chi connectivity index (χ2v) is 11.6. The molecule has 2 N–H and O–H groups in total. The maximum absolute atomic E-state index is 13.2. The molecule has 0 radical (unpaired) electrons. The van der Waals surface area contributed by atoms with Crippen LogP contribution < -0.4 is 19.9 Å². The summed E-state index contributed by atoms with van der Waals surface area (Å²) in [6.07, 6.45) is -0.0871. The number of nitrogens with one attached hydrogen (secondary N) is 1. The number of hydrogen-bond donors (Lipinski definition) is 2. The number of aromatic nitrogens is 1. The van der Waals surface area contributed by atoms with E-state index in [-0.39, 0.29) is 23.7 Å². The zero-order valence-electron chi connectivity index (χ0n) is 21.3. The Morgan fingerprint density at radius 1 is 1.08 bits per heavy atom. The van der Waals surface area contributed by atoms with Gasteiger partial charge in [-0.25, -0.2) is 4.98 Å². The molecule has 7 rings (SSSR count). The fourth-order valence-electron chi connectivity index (χ4n) is 7.54. The number of pyridine rings is 1. The van der Waals surface area contributed by atoms with E-state index in [4.69, 9.17) is 4.98 Å². The fourth-order valence-corrected chi connectivity index (χ4v) is 7.54. The molecule has 0 spiro atoms. The smallest absolute Gasteiger partial charge is 0.406 e. The number of carbonyl (C=O) groups is 1. The molecule has 7 nitrogen and oxygen atoms in total. The normalized spacial score (nSPS) is 32.4. The lowest BCUT2D eigenvalue weighted by Gasteiger charge is -2.58. The second kappa shape index (κ2) is 9.32. The highest BCUT2D eigenvalue weighted by Gasteiger charge is 2.55. The Morgan fingerprint density at radius 3 is 2.42 bits per heavy atom. The topological polar surface area (TPSA) is 77.9 Å². The van der Waals surface area contributed by atoms with E-state index in [1.54, 1.807) is 18.2 Å². The molecule has 2 unspecified atom stereocenters. The average molecular weight is 531 g/mol. The third-order valence-electron chi connectivity index (χ3n) is 8.86. The van der Waals surface area contributed by atoms with Crippen molar-refractivity contribution in [2.45, 2.75) is 63.1 Å². The van der Waals surface area contributed by atoms with E-state index in [1.165, 1.54) is 12.1 Å². The van der Waals surface area contributed by atoms with Crippen molar-refractivity contribution in [3.8, 4) is 5.75 Å². The lowest BCUT2D eigenvalue weighted by Crippen LogP contribution is -2.61. The number of piperazine rings is 1. The lowest BCUT2D eigenvalue weighted by molar-refractivity contribution is -0.274. The maximum Gasteiger partial charge on any atom is 0.573 e. The van der Waals surface area contributed by atoms with Gasteiger partial charge in [0, 0.05) is 37.4 Å². The summed E-state index contributed by atoms with van der Waals surface area (Å²) in [7, 11) is 0. The van der Waals surface area contributed by atoms with Crippen LogP contribution in [0.1, 0.15) is 49.5 Å². The van der Waals surface area contributed by atoms with Crippen LogP contribution in [0, 0.1) is 17.8 Å². The SMILES string of the molecule is C[C@@H]1CN(c2ccc(OC(F)(F)F)cc2)CCN1c1cccc(C(=O)N[C@H]2C3CC4CC2C[C@](O)(C4)C3)n1. The van der Waals surface area contributed by atoms with Crippen molar-refractivity contribution < 1.29 is 27.8 Å². The van der Waals surface area contributed by atoms with E-state index in [0.717, 1.165) is 43.6 Å². The van der Waals surface area contributed by atoms with Crippen molar-refractivity contribution in [3.05, 3.63) is 48.2 Å². The Balaban J connectivity index is 1.09. The highest BCUT2D eigenvalue weighted by atomic mass is 19.4. The summed E-state index contributed by atoms with van der Waals surface area (Å²) in [6.45, 7) is 4.05. The van der Waals surface area contributed by atoms with Gasteiger partial charge in [0.15, 0.2) is 0 Å². The molecule has 4 bridgehead atoms. The van der Waals surface area contributed by atoms with Crippen LogP contribution in [0.5, 0.6) is 5.75 Å². The third-order valence-corrected chi connectivity index (χ3v) is 8.86. The number of benzene rings is 1. The molecule has 204 valence electrons. The van der Waals surface area contributed by atoms with Crippen molar-refractivity contribution in [1.29, 1.82) is 0 Å². The van der Waals surface area contributed by atoms with Gasteiger partial charge in [-0.1, -0.05) is 6.07 Å². The molecule has 1 amide bonds. The zero-order chi connectivity index (χ0) is 26.7. The van der Waals surface area contributed by atoms with Gasteiger partial charge in [0.1, 0.15) is 17.3 Å². The number of carbonyl (C=O) groups excluding carboxylic acids is 1. The van der Waals surface area contributed by atoms with Crippen LogP contribution in [0.3, 0.4) is 0 Å². The van der Waals surface area contributed by atoms with Crippen molar-refractivity contribution >= 4 is 17.4 Å². The standard InChI is InChI=1S/C28H33F3N4O3/c1-17-16-34(21-5-7-22(8-6-21)38-28(29,30)31)9-10-35(17)24-4-2-3-23(32-24)26(36)33-25-19-11-18-12-20(25)15-27(37,13-18)14-19/h2-8,17-20,25,37H,9-16H2,1H3,(H,33,36)/t17-,18?,19?,20?,25-,27-/m1/s1. The maximum atomic E-state index is 13.2. The van der Waals surface area contributed by atoms with Gasteiger partial charge in [-0.05, 0) is 93.2 Å². The first-order chi connectivity index (χ1) is 18.1. The van der Waals surface area contributed by atoms with Crippen LogP contribution in [0.2, 0.25) is 0 Å². The van der Waals surface area contributed by atoms with Crippen LogP contribution in [0.15, 0.2) is 42.5 Å². The summed E-state index contributed by atoms with van der Waals surface area (Å²) in [6, 6.07) is 11.6. The number of alkyl halides is 3. The largest absolute Gasteiger partial charge is 0.573 e. The van der Waals surface area contributed by atoms with Gasteiger partial charge in [-0.15, -0.1) is 13.2 Å². The van der Waals surface area contributed by atoms with Crippen LogP contribution >= 0.6 is 0 Å². The first-order valence-corrected chi connectivity index (χ1v) is 13.4. The lowest BCUT2D eigenvalue weighted by atomic mass is 9.52. The summed E-state index contributed by atoms with van der Waals surface area (Å²) in [5.74, 6) is 1.58. The molecule has 1 saturated heterocycles. The summed E-state index contributed by atoms with van der Waals surface area (Å²) in [5.41, 5.74) is 0.685. The molecule has 5 aliphatic rings. The molecule has 4 saturated carbocycles. The first-order valence-electron chi connectivity index (χ1n) is 13.4. The quantitative estimate of drug-likeness (QED) is 0.598. The predicted octanol–water partition coefficient (Wildman–Crippen LogP) is 4.36. The minimum Gasteiger partial charge on any atom is -0.406 e. The summed E-state index contributed by atoms with van der Waals surface area (Å²) in [4.78, 5) is 22.2. The monoisotopic (exact) mass is 530 g/mol. The van der Waals surface area contributed by atoms with Crippen molar-refractivity contribution in [2.24, 2.45) is 17.8 Å². The third kappa shape index (κ3) is 5.02. The Hall–Kier alpha value is -3.01. The van der Waals surface area contributed by atoms with Crippen molar-refractivity contribution in [1.82, 2.24) is 10.3 Å². The van der Waals surface area contributed by atoms with E-state index >= 15 is 0 Å². The zero-order valence-corrected chi connectivity index (χ0v) is 21.3. The molecule has 1 aliphatic heterocycles. The minimum absolute atomic E-state index is 0.0748. The molecule has 1 aromatic carbocycles. The number of amides is 1. The van der Waals surface area contributed by atoms with Gasteiger partial charge in [-0.2, -0.15) is 0 Å². The van der Waals surface area contributed by atoms with Gasteiger partial charge in [0.25, 0.3) is 5.91 Å². The molecular formula is C28H33F3N4O3. The Labute approximate surface area is 220 Å². The Kier molecular flexibility index (Phi) is 6.20. The number of rotatable bonds is 5. The molecule has 2 aromatic rings. The molecule has 5 fully saturated rings. The van der Waals surface area contributed by atoms with Gasteiger partial charge >= 0.3 is 6.36 Å². The van der Waals surface area contributed by atoms with Gasteiger partial charge in [0.05, 0.1) is 5.60 Å². The number of aliphatic hydroxyl groups is 1. The minimum atomic E-state index is -4.71. The molecule has 10 heteroatoms. The number of hydrogen-bond acceptors (Lipinski definition) is 6. The first kappa shape index (κ1) is 25.3. The van der Waals surface area contributed by atoms with E-state index in [0.29, 0.717) is 43.1 Å². The Morgan fingerprint density at radius 2 is 1.79 bits per heavy atom. The summed E-state index contributed by atoms with van der Waals surface area (Å²) < 4.78 is 41.3.